The van der Waals surface area contributed by atoms with E-state index < -0.39 is 6.04 Å². The predicted molar refractivity (Wildman–Crippen MR) is 178 cm³/mol. The highest BCUT2D eigenvalue weighted by atomic mass is 35.5. The molecular formula is C35H49ClN6O3. The van der Waals surface area contributed by atoms with E-state index >= 15 is 0 Å². The highest BCUT2D eigenvalue weighted by Gasteiger charge is 2.35. The summed E-state index contributed by atoms with van der Waals surface area (Å²) in [4.78, 5) is 43.3. The number of halogens is 1. The van der Waals surface area contributed by atoms with Gasteiger partial charge >= 0.3 is 0 Å². The third-order valence-corrected chi connectivity index (χ3v) is 9.66. The third kappa shape index (κ3) is 8.85. The van der Waals surface area contributed by atoms with Gasteiger partial charge in [0.1, 0.15) is 6.04 Å². The lowest BCUT2D eigenvalue weighted by Crippen LogP contribution is -2.60. The Morgan fingerprint density at radius 2 is 1.64 bits per heavy atom. The van der Waals surface area contributed by atoms with E-state index in [2.05, 4.69) is 46.6 Å². The van der Waals surface area contributed by atoms with Gasteiger partial charge in [-0.2, -0.15) is 0 Å². The zero-order valence-corrected chi connectivity index (χ0v) is 27.8. The highest BCUT2D eigenvalue weighted by Crippen LogP contribution is 2.26. The van der Waals surface area contributed by atoms with Crippen LogP contribution >= 0.6 is 11.6 Å². The fourth-order valence-corrected chi connectivity index (χ4v) is 7.14. The van der Waals surface area contributed by atoms with Crippen LogP contribution in [0.4, 0.5) is 0 Å². The molecule has 2 atom stereocenters. The molecule has 3 heterocycles. The van der Waals surface area contributed by atoms with Gasteiger partial charge in [-0.25, -0.2) is 10.0 Å². The Morgan fingerprint density at radius 1 is 0.956 bits per heavy atom. The largest absolute Gasteiger partial charge is 0.344 e. The first-order valence-electron chi connectivity index (χ1n) is 16.6. The third-order valence-electron chi connectivity index (χ3n) is 9.41. The van der Waals surface area contributed by atoms with E-state index in [9.17, 15) is 14.4 Å². The van der Waals surface area contributed by atoms with Crippen molar-refractivity contribution in [3.63, 3.8) is 0 Å². The van der Waals surface area contributed by atoms with Crippen molar-refractivity contribution in [1.29, 1.82) is 0 Å². The molecule has 2 N–H and O–H groups in total. The van der Waals surface area contributed by atoms with Gasteiger partial charge in [0.15, 0.2) is 0 Å². The first-order chi connectivity index (χ1) is 21.7. The first-order valence-corrected chi connectivity index (χ1v) is 17.0. The Labute approximate surface area is 273 Å². The number of hydrogen-bond donors (Lipinski definition) is 2. The molecule has 3 aliphatic rings. The van der Waals surface area contributed by atoms with Crippen molar-refractivity contribution in [3.05, 3.63) is 70.2 Å². The Hall–Kier alpha value is -2.98. The molecule has 5 rings (SSSR count). The number of amides is 3. The number of likely N-dealkylation sites (tertiary alicyclic amines) is 1. The molecule has 10 heteroatoms. The number of benzene rings is 2. The number of carbonyl (C=O) groups is 3. The minimum atomic E-state index is -0.652. The van der Waals surface area contributed by atoms with Crippen molar-refractivity contribution in [1.82, 2.24) is 30.5 Å². The number of carbonyl (C=O) groups excluding carboxylic acids is 3. The lowest BCUT2D eigenvalue weighted by molar-refractivity contribution is -0.143. The molecule has 0 radical (unpaired) electrons. The van der Waals surface area contributed by atoms with Gasteiger partial charge < -0.3 is 20.4 Å². The quantitative estimate of drug-likeness (QED) is 0.414. The summed E-state index contributed by atoms with van der Waals surface area (Å²) in [5.41, 5.74) is 3.40. The lowest BCUT2D eigenvalue weighted by Gasteiger charge is -2.47. The summed E-state index contributed by atoms with van der Waals surface area (Å²) in [5.74, 6) is 0.482. The van der Waals surface area contributed by atoms with Crippen LogP contribution in [-0.4, -0.2) is 102 Å². The van der Waals surface area contributed by atoms with Crippen LogP contribution in [0.2, 0.25) is 5.02 Å². The van der Waals surface area contributed by atoms with Crippen molar-refractivity contribution < 1.29 is 14.4 Å². The Kier molecular flexibility index (Phi) is 11.5. The summed E-state index contributed by atoms with van der Waals surface area (Å²) in [6, 6.07) is 15.4. The SMILES string of the molecule is CC(=O)N1CCN(N(CC(C)C)C2CCN(C(=O)[C@@H](Cc3ccc(Cl)cc3)NC(=O)CC3NCCc4ccccc43)CC2)CC1. The van der Waals surface area contributed by atoms with Crippen molar-refractivity contribution in [2.24, 2.45) is 5.92 Å². The normalized spacial score (nSPS) is 20.3. The van der Waals surface area contributed by atoms with E-state index in [4.69, 9.17) is 11.6 Å². The van der Waals surface area contributed by atoms with Gasteiger partial charge in [-0.15, -0.1) is 0 Å². The maximum atomic E-state index is 14.1. The molecule has 45 heavy (non-hydrogen) atoms. The number of fused-ring (bicyclic) bond motifs is 1. The Bertz CT molecular complexity index is 1300. The number of nitrogens with zero attached hydrogens (tertiary/aromatic N) is 4. The molecule has 0 aromatic heterocycles. The average molecular weight is 637 g/mol. The van der Waals surface area contributed by atoms with E-state index in [1.807, 2.05) is 46.2 Å². The fourth-order valence-electron chi connectivity index (χ4n) is 7.01. The molecule has 0 bridgehead atoms. The number of piperidine rings is 1. The van der Waals surface area contributed by atoms with Gasteiger partial charge in [0.25, 0.3) is 0 Å². The summed E-state index contributed by atoms with van der Waals surface area (Å²) < 4.78 is 0. The number of hydrogen-bond acceptors (Lipinski definition) is 6. The summed E-state index contributed by atoms with van der Waals surface area (Å²) in [6.07, 6.45) is 3.39. The molecule has 2 saturated heterocycles. The molecule has 0 aliphatic carbocycles. The van der Waals surface area contributed by atoms with Gasteiger partial charge in [0.05, 0.1) is 0 Å². The van der Waals surface area contributed by atoms with Crippen molar-refractivity contribution >= 4 is 29.3 Å². The summed E-state index contributed by atoms with van der Waals surface area (Å²) in [6.45, 7) is 12.4. The number of piperazine rings is 1. The molecule has 2 fully saturated rings. The summed E-state index contributed by atoms with van der Waals surface area (Å²) in [5, 5.41) is 12.2. The molecular weight excluding hydrogens is 588 g/mol. The number of nitrogens with one attached hydrogen (secondary N) is 2. The summed E-state index contributed by atoms with van der Waals surface area (Å²) >= 11 is 6.14. The highest BCUT2D eigenvalue weighted by molar-refractivity contribution is 6.30. The van der Waals surface area contributed by atoms with E-state index in [1.165, 1.54) is 5.56 Å². The van der Waals surface area contributed by atoms with Crippen LogP contribution < -0.4 is 10.6 Å². The van der Waals surface area contributed by atoms with Crippen LogP contribution in [0.25, 0.3) is 0 Å². The molecule has 1 unspecified atom stereocenters. The minimum absolute atomic E-state index is 0.0285. The average Bonchev–Trinajstić information content (AvgIpc) is 3.04. The van der Waals surface area contributed by atoms with Crippen LogP contribution in [0.5, 0.6) is 0 Å². The maximum absolute atomic E-state index is 14.1. The first kappa shape index (κ1) is 33.4. The summed E-state index contributed by atoms with van der Waals surface area (Å²) in [7, 11) is 0. The van der Waals surface area contributed by atoms with Gasteiger partial charge in [-0.05, 0) is 60.5 Å². The number of hydrazine groups is 1. The zero-order chi connectivity index (χ0) is 31.9. The second-order valence-corrected chi connectivity index (χ2v) is 13.6. The van der Waals surface area contributed by atoms with Crippen LogP contribution in [0, 0.1) is 5.92 Å². The fraction of sp³-hybridized carbons (Fsp3) is 0.571. The van der Waals surface area contributed by atoms with E-state index in [1.54, 1.807) is 6.92 Å². The second-order valence-electron chi connectivity index (χ2n) is 13.1. The van der Waals surface area contributed by atoms with Crippen LogP contribution in [0.3, 0.4) is 0 Å². The molecule has 244 valence electrons. The van der Waals surface area contributed by atoms with E-state index in [0.29, 0.717) is 36.5 Å². The molecule has 0 spiro atoms. The second kappa shape index (κ2) is 15.5. The smallest absolute Gasteiger partial charge is 0.245 e. The standard InChI is InChI=1S/C35H49ClN6O3/c1-25(2)24-42(41-20-18-39(19-21-41)26(3)43)30-13-16-40(17-14-30)35(45)33(22-27-8-10-29(36)11-9-27)38-34(44)23-32-31-7-5-4-6-28(31)12-15-37-32/h4-11,25,30,32-33,37H,12-24H2,1-3H3,(H,38,44)/t32?,33-/m1/s1. The van der Waals surface area contributed by atoms with Crippen LogP contribution in [0.15, 0.2) is 48.5 Å². The zero-order valence-electron chi connectivity index (χ0n) is 27.0. The molecule has 9 nitrogen and oxygen atoms in total. The van der Waals surface area contributed by atoms with Crippen LogP contribution in [-0.2, 0) is 27.2 Å². The van der Waals surface area contributed by atoms with E-state index in [0.717, 1.165) is 69.7 Å². The molecule has 3 aliphatic heterocycles. The van der Waals surface area contributed by atoms with Crippen LogP contribution in [0.1, 0.15) is 62.8 Å². The van der Waals surface area contributed by atoms with Gasteiger partial charge in [-0.1, -0.05) is 61.8 Å². The lowest BCUT2D eigenvalue weighted by atomic mass is 9.92. The van der Waals surface area contributed by atoms with Crippen molar-refractivity contribution in [2.75, 3.05) is 52.4 Å². The van der Waals surface area contributed by atoms with Crippen molar-refractivity contribution in [3.8, 4) is 0 Å². The number of rotatable bonds is 10. The van der Waals surface area contributed by atoms with Crippen molar-refractivity contribution in [2.45, 2.75) is 71.0 Å². The Morgan fingerprint density at radius 3 is 2.31 bits per heavy atom. The van der Waals surface area contributed by atoms with Gasteiger partial charge in [0, 0.05) is 82.7 Å². The Balaban J connectivity index is 1.23. The maximum Gasteiger partial charge on any atom is 0.245 e. The van der Waals surface area contributed by atoms with E-state index in [-0.39, 0.29) is 30.2 Å². The minimum Gasteiger partial charge on any atom is -0.344 e. The predicted octanol–water partition coefficient (Wildman–Crippen LogP) is 3.67. The molecule has 2 aromatic rings. The monoisotopic (exact) mass is 636 g/mol. The molecule has 2 aromatic carbocycles. The topological polar surface area (TPSA) is 88.2 Å². The molecule has 3 amide bonds. The van der Waals surface area contributed by atoms with Gasteiger partial charge in [-0.3, -0.25) is 14.4 Å². The van der Waals surface area contributed by atoms with Gasteiger partial charge in [0.2, 0.25) is 17.7 Å². The molecule has 0 saturated carbocycles.